The van der Waals surface area contributed by atoms with Crippen molar-refractivity contribution in [3.05, 3.63) is 28.8 Å². The number of nitrogens with zero attached hydrogens (tertiary/aromatic N) is 1. The van der Waals surface area contributed by atoms with Gasteiger partial charge in [-0.15, -0.1) is 0 Å². The van der Waals surface area contributed by atoms with E-state index in [1.807, 2.05) is 6.92 Å². The molecule has 1 aromatic carbocycles. The standard InChI is InChI=1S/C14H16ClF3N2O2/c1-9-2-3-10(8-11(9)15)19-12(21)20-6-4-13(22,5-7-20)14(16,17)18/h2-3,8,22H,4-7H2,1H3,(H,19,21). The molecule has 0 saturated carbocycles. The van der Waals surface area contributed by atoms with Gasteiger partial charge in [-0.25, -0.2) is 4.79 Å². The first-order valence-corrected chi connectivity index (χ1v) is 7.11. The molecule has 1 heterocycles. The topological polar surface area (TPSA) is 52.6 Å². The monoisotopic (exact) mass is 336 g/mol. The number of aliphatic hydroxyl groups is 1. The molecule has 8 heteroatoms. The van der Waals surface area contributed by atoms with Crippen LogP contribution in [0.25, 0.3) is 0 Å². The van der Waals surface area contributed by atoms with Crippen molar-refractivity contribution in [3.63, 3.8) is 0 Å². The number of rotatable bonds is 1. The number of aryl methyl sites for hydroxylation is 1. The Hall–Kier alpha value is -1.47. The van der Waals surface area contributed by atoms with Crippen molar-refractivity contribution in [1.82, 2.24) is 4.90 Å². The van der Waals surface area contributed by atoms with Crippen molar-refractivity contribution in [2.75, 3.05) is 18.4 Å². The molecule has 0 aromatic heterocycles. The van der Waals surface area contributed by atoms with Crippen molar-refractivity contribution in [2.24, 2.45) is 0 Å². The minimum absolute atomic E-state index is 0.165. The van der Waals surface area contributed by atoms with E-state index in [0.717, 1.165) is 5.56 Å². The van der Waals surface area contributed by atoms with E-state index >= 15 is 0 Å². The number of piperidine rings is 1. The molecule has 0 radical (unpaired) electrons. The van der Waals surface area contributed by atoms with Crippen LogP contribution in [0.1, 0.15) is 18.4 Å². The van der Waals surface area contributed by atoms with E-state index in [2.05, 4.69) is 5.32 Å². The highest BCUT2D eigenvalue weighted by Gasteiger charge is 2.54. The van der Waals surface area contributed by atoms with Gasteiger partial charge in [-0.1, -0.05) is 17.7 Å². The summed E-state index contributed by atoms with van der Waals surface area (Å²) < 4.78 is 38.1. The number of benzene rings is 1. The zero-order valence-corrected chi connectivity index (χ0v) is 12.6. The summed E-state index contributed by atoms with van der Waals surface area (Å²) in [4.78, 5) is 13.3. The van der Waals surface area contributed by atoms with Crippen LogP contribution in [-0.4, -0.2) is 40.9 Å². The molecule has 1 aliphatic rings. The summed E-state index contributed by atoms with van der Waals surface area (Å²) in [7, 11) is 0. The number of anilines is 1. The van der Waals surface area contributed by atoms with Crippen LogP contribution in [-0.2, 0) is 0 Å². The first-order chi connectivity index (χ1) is 10.1. The number of nitrogens with one attached hydrogen (secondary N) is 1. The molecule has 2 amide bonds. The molecule has 122 valence electrons. The van der Waals surface area contributed by atoms with Gasteiger partial charge in [0.05, 0.1) is 0 Å². The summed E-state index contributed by atoms with van der Waals surface area (Å²) in [5.74, 6) is 0. The maximum Gasteiger partial charge on any atom is 0.417 e. The number of alkyl halides is 3. The van der Waals surface area contributed by atoms with Crippen molar-refractivity contribution in [1.29, 1.82) is 0 Å². The Kier molecular flexibility index (Phi) is 4.58. The van der Waals surface area contributed by atoms with Crippen LogP contribution >= 0.6 is 11.6 Å². The van der Waals surface area contributed by atoms with Crippen LogP contribution in [0.5, 0.6) is 0 Å². The first-order valence-electron chi connectivity index (χ1n) is 6.73. The Bertz CT molecular complexity index is 570. The molecule has 2 rings (SSSR count). The molecular formula is C14H16ClF3N2O2. The molecule has 0 aliphatic carbocycles. The van der Waals surface area contributed by atoms with Gasteiger partial charge in [0.15, 0.2) is 5.60 Å². The van der Waals surface area contributed by atoms with Gasteiger partial charge in [0.2, 0.25) is 0 Å². The second-order valence-corrected chi connectivity index (χ2v) is 5.82. The maximum atomic E-state index is 12.7. The van der Waals surface area contributed by atoms with Gasteiger partial charge in [0, 0.05) is 36.6 Å². The van der Waals surface area contributed by atoms with Gasteiger partial charge >= 0.3 is 12.2 Å². The third-order valence-corrected chi connectivity index (χ3v) is 4.24. The van der Waals surface area contributed by atoms with Crippen molar-refractivity contribution >= 4 is 23.3 Å². The lowest BCUT2D eigenvalue weighted by Gasteiger charge is -2.39. The van der Waals surface area contributed by atoms with E-state index in [1.165, 1.54) is 4.90 Å². The zero-order valence-electron chi connectivity index (χ0n) is 11.9. The molecule has 0 unspecified atom stereocenters. The van der Waals surface area contributed by atoms with Crippen molar-refractivity contribution < 1.29 is 23.1 Å². The number of amides is 2. The first kappa shape index (κ1) is 16.9. The summed E-state index contributed by atoms with van der Waals surface area (Å²) in [5, 5.41) is 12.6. The number of hydrogen-bond acceptors (Lipinski definition) is 2. The fourth-order valence-corrected chi connectivity index (χ4v) is 2.42. The highest BCUT2D eigenvalue weighted by Crippen LogP contribution is 2.38. The Morgan fingerprint density at radius 3 is 2.45 bits per heavy atom. The van der Waals surface area contributed by atoms with Crippen LogP contribution in [0, 0.1) is 6.92 Å². The van der Waals surface area contributed by atoms with Gasteiger partial charge in [-0.2, -0.15) is 13.2 Å². The molecule has 1 aliphatic heterocycles. The lowest BCUT2D eigenvalue weighted by atomic mass is 9.91. The highest BCUT2D eigenvalue weighted by atomic mass is 35.5. The minimum Gasteiger partial charge on any atom is -0.380 e. The van der Waals surface area contributed by atoms with Crippen LogP contribution in [0.4, 0.5) is 23.7 Å². The Labute approximate surface area is 130 Å². The number of carbonyl (C=O) groups is 1. The summed E-state index contributed by atoms with van der Waals surface area (Å²) in [6.45, 7) is 1.49. The molecule has 2 N–H and O–H groups in total. The average molecular weight is 337 g/mol. The van der Waals surface area contributed by atoms with E-state index in [0.29, 0.717) is 10.7 Å². The van der Waals surface area contributed by atoms with E-state index in [4.69, 9.17) is 11.6 Å². The fraction of sp³-hybridized carbons (Fsp3) is 0.500. The van der Waals surface area contributed by atoms with Crippen LogP contribution in [0.15, 0.2) is 18.2 Å². The largest absolute Gasteiger partial charge is 0.417 e. The predicted molar refractivity (Wildman–Crippen MR) is 77.0 cm³/mol. The smallest absolute Gasteiger partial charge is 0.380 e. The summed E-state index contributed by atoms with van der Waals surface area (Å²) >= 11 is 5.95. The normalized spacial score (nSPS) is 18.2. The summed E-state index contributed by atoms with van der Waals surface area (Å²) in [6.07, 6.45) is -5.74. The van der Waals surface area contributed by atoms with Crippen LogP contribution in [0.2, 0.25) is 5.02 Å². The van der Waals surface area contributed by atoms with Crippen LogP contribution in [0.3, 0.4) is 0 Å². The van der Waals surface area contributed by atoms with E-state index in [1.54, 1.807) is 18.2 Å². The third kappa shape index (κ3) is 3.47. The Morgan fingerprint density at radius 2 is 1.95 bits per heavy atom. The number of halogens is 4. The predicted octanol–water partition coefficient (Wildman–Crippen LogP) is 3.57. The number of hydrogen-bond donors (Lipinski definition) is 2. The molecule has 0 spiro atoms. The lowest BCUT2D eigenvalue weighted by Crippen LogP contribution is -2.55. The molecule has 1 aromatic rings. The Balaban J connectivity index is 1.97. The summed E-state index contributed by atoms with van der Waals surface area (Å²) in [6, 6.07) is 4.46. The van der Waals surface area contributed by atoms with Gasteiger partial charge in [-0.3, -0.25) is 0 Å². The molecule has 22 heavy (non-hydrogen) atoms. The van der Waals surface area contributed by atoms with Gasteiger partial charge < -0.3 is 15.3 Å². The lowest BCUT2D eigenvalue weighted by molar-refractivity contribution is -0.271. The number of carbonyl (C=O) groups excluding carboxylic acids is 1. The third-order valence-electron chi connectivity index (χ3n) is 3.83. The second-order valence-electron chi connectivity index (χ2n) is 5.41. The van der Waals surface area contributed by atoms with Gasteiger partial charge in [0.25, 0.3) is 0 Å². The highest BCUT2D eigenvalue weighted by molar-refractivity contribution is 6.31. The van der Waals surface area contributed by atoms with E-state index in [9.17, 15) is 23.1 Å². The number of likely N-dealkylation sites (tertiary alicyclic amines) is 1. The molecule has 4 nitrogen and oxygen atoms in total. The SMILES string of the molecule is Cc1ccc(NC(=O)N2CCC(O)(C(F)(F)F)CC2)cc1Cl. The number of urea groups is 1. The minimum atomic E-state index is -4.68. The molecule has 1 saturated heterocycles. The van der Waals surface area contributed by atoms with E-state index < -0.39 is 30.7 Å². The molecular weight excluding hydrogens is 321 g/mol. The van der Waals surface area contributed by atoms with Crippen molar-refractivity contribution in [2.45, 2.75) is 31.5 Å². The molecule has 0 bridgehead atoms. The van der Waals surface area contributed by atoms with Gasteiger partial charge in [-0.05, 0) is 24.6 Å². The fourth-order valence-electron chi connectivity index (χ4n) is 2.24. The molecule has 1 fully saturated rings. The summed E-state index contributed by atoms with van der Waals surface area (Å²) in [5.41, 5.74) is -1.39. The average Bonchev–Trinajstić information content (AvgIpc) is 2.42. The van der Waals surface area contributed by atoms with Crippen molar-refractivity contribution in [3.8, 4) is 0 Å². The maximum absolute atomic E-state index is 12.7. The quantitative estimate of drug-likeness (QED) is 0.823. The second kappa shape index (κ2) is 5.96. The van der Waals surface area contributed by atoms with E-state index in [-0.39, 0.29) is 13.1 Å². The van der Waals surface area contributed by atoms with Gasteiger partial charge in [0.1, 0.15) is 0 Å². The Morgan fingerprint density at radius 1 is 1.36 bits per heavy atom. The van der Waals surface area contributed by atoms with Crippen LogP contribution < -0.4 is 5.32 Å². The zero-order chi connectivity index (χ0) is 16.5. The molecule has 0 atom stereocenters.